The molecule has 3 aromatic carbocycles. The van der Waals surface area contributed by atoms with Gasteiger partial charge in [-0.2, -0.15) is 4.57 Å². The number of fused-ring (bicyclic) bond motifs is 3. The summed E-state index contributed by atoms with van der Waals surface area (Å²) in [6, 6.07) is 20.4. The topological polar surface area (TPSA) is 222 Å². The van der Waals surface area contributed by atoms with Crippen molar-refractivity contribution >= 4 is 64.0 Å². The average Bonchev–Trinajstić information content (AvgIpc) is 3.21. The summed E-state index contributed by atoms with van der Waals surface area (Å²) in [6.45, 7) is 2.17. The zero-order chi connectivity index (χ0) is 44.9. The molecule has 1 saturated heterocycles. The van der Waals surface area contributed by atoms with E-state index in [9.17, 15) is 49.3 Å². The third kappa shape index (κ3) is 13.7. The van der Waals surface area contributed by atoms with Gasteiger partial charge in [0.2, 0.25) is 18.0 Å². The lowest BCUT2D eigenvalue weighted by atomic mass is 9.75. The Morgan fingerprint density at radius 2 is 1.21 bits per heavy atom. The number of likely N-dealkylation sites (N-methyl/N-ethyl adjacent to an activating group) is 2. The van der Waals surface area contributed by atoms with Crippen LogP contribution in [0.15, 0.2) is 72.9 Å². The van der Waals surface area contributed by atoms with Crippen LogP contribution in [0.2, 0.25) is 0 Å². The standard InChI is InChI=1S/C43H57BN8O10/c1-46(2)38(34-10-6-7-11-36(34)44(61)62)23-45-39(53)26-52-25-32-8-4-5-9-33(32)35-22-31(12-13-37(35)52)24-47(3)40(54)27-48-14-16-49(28-41(55)56)18-20-51(30-43(59)60)21-19-50(17-15-48)29-42(57)58/h4-13,22,25,38,61-62H,14-21,23-24,26-30H2,1-3H3,(H3-,45,53,55,56,57,58,59,60)/p+1. The lowest BCUT2D eigenvalue weighted by Crippen LogP contribution is -2.49. The minimum atomic E-state index is -1.65. The minimum Gasteiger partial charge on any atom is -0.480 e. The molecule has 5 rings (SSSR count). The van der Waals surface area contributed by atoms with E-state index in [4.69, 9.17) is 0 Å². The number of carboxylic acids is 3. The van der Waals surface area contributed by atoms with Crippen molar-refractivity contribution in [1.82, 2.24) is 34.7 Å². The number of pyridine rings is 1. The maximum atomic E-state index is 13.8. The average molecular weight is 858 g/mol. The second-order valence-electron chi connectivity index (χ2n) is 16.0. The van der Waals surface area contributed by atoms with E-state index in [1.54, 1.807) is 38.8 Å². The molecule has 19 heteroatoms. The van der Waals surface area contributed by atoms with Gasteiger partial charge < -0.3 is 40.5 Å². The minimum absolute atomic E-state index is 0.00985. The van der Waals surface area contributed by atoms with Gasteiger partial charge in [-0.3, -0.25) is 43.6 Å². The quantitative estimate of drug-likeness (QED) is 0.0418. The van der Waals surface area contributed by atoms with E-state index in [0.29, 0.717) is 37.2 Å². The molecule has 0 saturated carbocycles. The van der Waals surface area contributed by atoms with Crippen LogP contribution in [0.1, 0.15) is 17.2 Å². The summed E-state index contributed by atoms with van der Waals surface area (Å²) in [7, 11) is 3.78. The molecule has 4 aromatic rings. The highest BCUT2D eigenvalue weighted by Crippen LogP contribution is 2.24. The van der Waals surface area contributed by atoms with Gasteiger partial charge in [0.05, 0.1) is 37.6 Å². The zero-order valence-electron chi connectivity index (χ0n) is 35.6. The van der Waals surface area contributed by atoms with Crippen molar-refractivity contribution in [2.24, 2.45) is 0 Å². The molecule has 6 N–H and O–H groups in total. The number of rotatable bonds is 17. The summed E-state index contributed by atoms with van der Waals surface area (Å²) >= 11 is 0. The molecule has 0 spiro atoms. The predicted octanol–water partition coefficient (Wildman–Crippen LogP) is -1.19. The van der Waals surface area contributed by atoms with Gasteiger partial charge in [0, 0.05) is 89.3 Å². The normalized spacial score (nSPS) is 15.8. The molecule has 1 fully saturated rings. The highest BCUT2D eigenvalue weighted by atomic mass is 16.4. The number of nitrogens with one attached hydrogen (secondary N) is 1. The molecule has 1 atom stereocenters. The largest absolute Gasteiger partial charge is 0.488 e. The number of hydrogen-bond acceptors (Lipinski definition) is 12. The Morgan fingerprint density at radius 1 is 0.694 bits per heavy atom. The maximum absolute atomic E-state index is 13.8. The number of aliphatic carboxylic acids is 3. The van der Waals surface area contributed by atoms with E-state index in [-0.39, 0.29) is 89.8 Å². The number of carbonyl (C=O) groups excluding carboxylic acids is 2. The Labute approximate surface area is 361 Å². The van der Waals surface area contributed by atoms with Crippen molar-refractivity contribution in [1.29, 1.82) is 0 Å². The molecule has 1 aliphatic heterocycles. The van der Waals surface area contributed by atoms with Crippen LogP contribution in [0.25, 0.3) is 21.7 Å². The SMILES string of the molecule is CN(Cc1ccc2c(c1)c1ccccc1c[n+]2CC(=O)NCC(c1ccccc1B(O)O)N(C)C)C(=O)CN1CCN(CC(=O)O)CCN(CC(=O)O)CCN(CC(=O)O)CC1. The molecule has 0 radical (unpaired) electrons. The molecular weight excluding hydrogens is 799 g/mol. The van der Waals surface area contributed by atoms with Crippen molar-refractivity contribution in [2.45, 2.75) is 19.1 Å². The van der Waals surface area contributed by atoms with Gasteiger partial charge in [-0.15, -0.1) is 0 Å². The molecule has 0 bridgehead atoms. The first kappa shape index (κ1) is 47.5. The van der Waals surface area contributed by atoms with Crippen molar-refractivity contribution in [3.8, 4) is 0 Å². The summed E-state index contributed by atoms with van der Waals surface area (Å²) < 4.78 is 1.89. The fourth-order valence-corrected chi connectivity index (χ4v) is 7.87. The van der Waals surface area contributed by atoms with Gasteiger partial charge in [0.1, 0.15) is 0 Å². The van der Waals surface area contributed by atoms with Gasteiger partial charge in [0.15, 0.2) is 6.20 Å². The van der Waals surface area contributed by atoms with Crippen LogP contribution in [0.5, 0.6) is 0 Å². The van der Waals surface area contributed by atoms with Gasteiger partial charge in [-0.25, -0.2) is 0 Å². The second kappa shape index (κ2) is 22.5. The van der Waals surface area contributed by atoms with E-state index in [1.165, 1.54) is 0 Å². The highest BCUT2D eigenvalue weighted by molar-refractivity contribution is 6.59. The summed E-state index contributed by atoms with van der Waals surface area (Å²) in [5.74, 6) is -3.49. The van der Waals surface area contributed by atoms with Crippen LogP contribution in [-0.4, -0.2) is 198 Å². The van der Waals surface area contributed by atoms with Crippen LogP contribution >= 0.6 is 0 Å². The summed E-state index contributed by atoms with van der Waals surface area (Å²) in [6.07, 6.45) is 1.94. The molecular formula is C43H58BN8O10+. The van der Waals surface area contributed by atoms with Crippen LogP contribution in [0.3, 0.4) is 0 Å². The number of amides is 2. The van der Waals surface area contributed by atoms with E-state index in [2.05, 4.69) is 5.32 Å². The van der Waals surface area contributed by atoms with Crippen molar-refractivity contribution in [2.75, 3.05) is 106 Å². The smallest absolute Gasteiger partial charge is 0.480 e. The van der Waals surface area contributed by atoms with E-state index < -0.39 is 25.0 Å². The number of carboxylic acid groups (broad SMARTS) is 3. The first-order valence-corrected chi connectivity index (χ1v) is 20.6. The molecule has 62 heavy (non-hydrogen) atoms. The number of carbonyl (C=O) groups is 5. The number of nitrogens with zero attached hydrogens (tertiary/aromatic N) is 7. The van der Waals surface area contributed by atoms with Crippen LogP contribution in [-0.2, 0) is 37.1 Å². The van der Waals surface area contributed by atoms with Gasteiger partial charge in [-0.05, 0) is 42.8 Å². The second-order valence-corrected chi connectivity index (χ2v) is 16.0. The number of aromatic nitrogens is 1. The highest BCUT2D eigenvalue weighted by Gasteiger charge is 2.26. The van der Waals surface area contributed by atoms with Crippen molar-refractivity contribution < 1.29 is 53.9 Å². The fourth-order valence-electron chi connectivity index (χ4n) is 7.87. The summed E-state index contributed by atoms with van der Waals surface area (Å²) in [5.41, 5.74) is 2.74. The maximum Gasteiger partial charge on any atom is 0.488 e. The van der Waals surface area contributed by atoms with Gasteiger partial charge in [-0.1, -0.05) is 48.5 Å². The summed E-state index contributed by atoms with van der Waals surface area (Å²) in [4.78, 5) is 72.8. The third-order valence-corrected chi connectivity index (χ3v) is 11.2. The first-order valence-electron chi connectivity index (χ1n) is 20.6. The van der Waals surface area contributed by atoms with Gasteiger partial charge in [0.25, 0.3) is 5.91 Å². The fraction of sp³-hybridized carbons (Fsp3) is 0.442. The number of benzene rings is 3. The van der Waals surface area contributed by atoms with Crippen LogP contribution in [0.4, 0.5) is 0 Å². The van der Waals surface area contributed by atoms with E-state index in [0.717, 1.165) is 27.2 Å². The van der Waals surface area contributed by atoms with E-state index >= 15 is 0 Å². The Kier molecular flexibility index (Phi) is 17.3. The van der Waals surface area contributed by atoms with Crippen LogP contribution in [0, 0.1) is 0 Å². The number of hydrogen-bond donors (Lipinski definition) is 6. The van der Waals surface area contributed by atoms with E-state index in [1.807, 2.05) is 89.3 Å². The first-order chi connectivity index (χ1) is 29.6. The molecule has 18 nitrogen and oxygen atoms in total. The summed E-state index contributed by atoms with van der Waals surface area (Å²) in [5, 5.41) is 54.3. The van der Waals surface area contributed by atoms with Crippen molar-refractivity contribution in [3.05, 3.63) is 84.1 Å². The molecule has 1 unspecified atom stereocenters. The molecule has 2 amide bonds. The molecule has 332 valence electrons. The molecule has 0 aliphatic carbocycles. The lowest BCUT2D eigenvalue weighted by Gasteiger charge is -2.33. The molecule has 2 heterocycles. The molecule has 1 aliphatic rings. The Balaban J connectivity index is 1.30. The Hall–Kier alpha value is -5.54. The molecule has 1 aromatic heterocycles. The van der Waals surface area contributed by atoms with Gasteiger partial charge >= 0.3 is 25.0 Å². The zero-order valence-corrected chi connectivity index (χ0v) is 35.6. The third-order valence-electron chi connectivity index (χ3n) is 11.2. The van der Waals surface area contributed by atoms with Crippen LogP contribution < -0.4 is 15.3 Å². The van der Waals surface area contributed by atoms with Crippen molar-refractivity contribution in [3.63, 3.8) is 0 Å². The Morgan fingerprint density at radius 3 is 1.74 bits per heavy atom. The predicted molar refractivity (Wildman–Crippen MR) is 232 cm³/mol. The Bertz CT molecular complexity index is 2180. The lowest BCUT2D eigenvalue weighted by molar-refractivity contribution is -0.657. The monoisotopic (exact) mass is 857 g/mol.